The normalized spacial score (nSPS) is 21.1. The second-order valence-corrected chi connectivity index (χ2v) is 6.81. The number of hydrogen-bond donors (Lipinski definition) is 1. The van der Waals surface area contributed by atoms with Crippen LogP contribution in [0, 0.1) is 5.92 Å². The second kappa shape index (κ2) is 9.59. The van der Waals surface area contributed by atoms with Crippen LogP contribution in [0.3, 0.4) is 0 Å². The summed E-state index contributed by atoms with van der Waals surface area (Å²) in [5.41, 5.74) is 0.817. The van der Waals surface area contributed by atoms with E-state index in [1.54, 1.807) is 30.2 Å². The van der Waals surface area contributed by atoms with Gasteiger partial charge in [0, 0.05) is 32.7 Å². The molecule has 0 saturated carbocycles. The number of rotatable bonds is 7. The number of ether oxygens (including phenoxy) is 2. The summed E-state index contributed by atoms with van der Waals surface area (Å²) in [5, 5.41) is 10.4. The molecule has 2 rings (SSSR count). The molecule has 7 heteroatoms. The van der Waals surface area contributed by atoms with Gasteiger partial charge in [-0.25, -0.2) is 0 Å². The third-order valence-corrected chi connectivity index (χ3v) is 4.83. The van der Waals surface area contributed by atoms with Crippen LogP contribution in [0.4, 0.5) is 0 Å². The number of aliphatic hydroxyl groups excluding tert-OH is 1. The van der Waals surface area contributed by atoms with Crippen molar-refractivity contribution in [1.29, 1.82) is 0 Å². The fourth-order valence-corrected chi connectivity index (χ4v) is 3.16. The standard InChI is InChI=1S/C17H23Cl2NO4/c1-23-4-5-24-14-6-13(11-21)9-20(10-14)17(22)8-12-2-3-15(18)16(19)7-12/h2-3,7,13-14,21H,4-6,8-11H2,1H3/t13-,14+/m1/s1. The SMILES string of the molecule is COCCO[C@H]1C[C@@H](CO)CN(C(=O)Cc2ccc(Cl)c(Cl)c2)C1. The molecule has 0 aliphatic carbocycles. The van der Waals surface area contributed by atoms with Gasteiger partial charge in [-0.05, 0) is 24.1 Å². The number of likely N-dealkylation sites (tertiary alicyclic amines) is 1. The molecule has 1 heterocycles. The van der Waals surface area contributed by atoms with E-state index in [-0.39, 0.29) is 31.0 Å². The Morgan fingerprint density at radius 2 is 2.08 bits per heavy atom. The highest BCUT2D eigenvalue weighted by molar-refractivity contribution is 6.42. The molecular weight excluding hydrogens is 353 g/mol. The van der Waals surface area contributed by atoms with Crippen molar-refractivity contribution in [3.05, 3.63) is 33.8 Å². The molecule has 1 aromatic rings. The minimum atomic E-state index is -0.0798. The van der Waals surface area contributed by atoms with Gasteiger partial charge in [-0.3, -0.25) is 4.79 Å². The molecule has 0 aromatic heterocycles. The van der Waals surface area contributed by atoms with Gasteiger partial charge >= 0.3 is 0 Å². The summed E-state index contributed by atoms with van der Waals surface area (Å²) in [5.74, 6) is 0.0240. The molecule has 0 spiro atoms. The van der Waals surface area contributed by atoms with E-state index in [0.29, 0.717) is 36.3 Å². The first-order chi connectivity index (χ1) is 11.5. The predicted octanol–water partition coefficient (Wildman–Crippen LogP) is 2.41. The molecule has 0 bridgehead atoms. The third-order valence-electron chi connectivity index (χ3n) is 4.09. The van der Waals surface area contributed by atoms with Crippen molar-refractivity contribution in [2.45, 2.75) is 18.9 Å². The summed E-state index contributed by atoms with van der Waals surface area (Å²) in [6.07, 6.45) is 0.917. The molecule has 1 saturated heterocycles. The number of piperidine rings is 1. The van der Waals surface area contributed by atoms with Gasteiger partial charge in [-0.15, -0.1) is 0 Å². The molecule has 134 valence electrons. The van der Waals surface area contributed by atoms with Gasteiger partial charge in [0.05, 0.1) is 35.8 Å². The Morgan fingerprint density at radius 3 is 2.75 bits per heavy atom. The fraction of sp³-hybridized carbons (Fsp3) is 0.588. The van der Waals surface area contributed by atoms with Crippen LogP contribution < -0.4 is 0 Å². The van der Waals surface area contributed by atoms with Crippen LogP contribution >= 0.6 is 23.2 Å². The monoisotopic (exact) mass is 375 g/mol. The Balaban J connectivity index is 1.96. The maximum atomic E-state index is 12.6. The minimum absolute atomic E-state index is 0.00752. The molecule has 24 heavy (non-hydrogen) atoms. The highest BCUT2D eigenvalue weighted by Crippen LogP contribution is 2.24. The summed E-state index contributed by atoms with van der Waals surface area (Å²) in [4.78, 5) is 14.3. The average molecular weight is 376 g/mol. The zero-order valence-corrected chi connectivity index (χ0v) is 15.2. The largest absolute Gasteiger partial charge is 0.396 e. The van der Waals surface area contributed by atoms with E-state index >= 15 is 0 Å². The Morgan fingerprint density at radius 1 is 1.29 bits per heavy atom. The highest BCUT2D eigenvalue weighted by atomic mass is 35.5. The van der Waals surface area contributed by atoms with Gasteiger partial charge in [0.25, 0.3) is 0 Å². The topological polar surface area (TPSA) is 59.0 Å². The Bertz CT molecular complexity index is 555. The first-order valence-corrected chi connectivity index (χ1v) is 8.72. The first kappa shape index (κ1) is 19.5. The summed E-state index contributed by atoms with van der Waals surface area (Å²) >= 11 is 11.9. The van der Waals surface area contributed by atoms with Gasteiger partial charge in [-0.2, -0.15) is 0 Å². The van der Waals surface area contributed by atoms with Gasteiger partial charge in [0.15, 0.2) is 0 Å². The number of halogens is 2. The number of carbonyl (C=O) groups is 1. The lowest BCUT2D eigenvalue weighted by Crippen LogP contribution is -2.48. The summed E-state index contributed by atoms with van der Waals surface area (Å²) in [6, 6.07) is 5.20. The number of carbonyl (C=O) groups excluding carboxylic acids is 1. The van der Waals surface area contributed by atoms with E-state index in [1.165, 1.54) is 0 Å². The molecular formula is C17H23Cl2NO4. The zero-order chi connectivity index (χ0) is 17.5. The first-order valence-electron chi connectivity index (χ1n) is 7.96. The van der Waals surface area contributed by atoms with Crippen LogP contribution in [0.2, 0.25) is 10.0 Å². The lowest BCUT2D eigenvalue weighted by atomic mass is 9.96. The molecule has 2 atom stereocenters. The Kier molecular flexibility index (Phi) is 7.78. The van der Waals surface area contributed by atoms with Crippen molar-refractivity contribution in [2.75, 3.05) is 40.0 Å². The number of amides is 1. The maximum absolute atomic E-state index is 12.6. The number of benzene rings is 1. The maximum Gasteiger partial charge on any atom is 0.227 e. The van der Waals surface area contributed by atoms with Crippen LogP contribution in [0.15, 0.2) is 18.2 Å². The van der Waals surface area contributed by atoms with Gasteiger partial charge < -0.3 is 19.5 Å². The molecule has 1 fully saturated rings. The van der Waals surface area contributed by atoms with E-state index in [1.807, 2.05) is 0 Å². The highest BCUT2D eigenvalue weighted by Gasteiger charge is 2.30. The van der Waals surface area contributed by atoms with Crippen LogP contribution in [-0.4, -0.2) is 62.0 Å². The third kappa shape index (κ3) is 5.60. The Hall–Kier alpha value is -0.850. The number of methoxy groups -OCH3 is 1. The average Bonchev–Trinajstić information content (AvgIpc) is 2.58. The number of hydrogen-bond acceptors (Lipinski definition) is 4. The predicted molar refractivity (Wildman–Crippen MR) is 93.6 cm³/mol. The van der Waals surface area contributed by atoms with Gasteiger partial charge in [0.1, 0.15) is 0 Å². The summed E-state index contributed by atoms with van der Waals surface area (Å²) < 4.78 is 10.7. The molecule has 1 N–H and O–H groups in total. The zero-order valence-electron chi connectivity index (χ0n) is 13.7. The number of nitrogens with zero attached hydrogens (tertiary/aromatic N) is 1. The van der Waals surface area contributed by atoms with Crippen LogP contribution in [0.1, 0.15) is 12.0 Å². The second-order valence-electron chi connectivity index (χ2n) is 5.99. The van der Waals surface area contributed by atoms with Crippen molar-refractivity contribution in [3.63, 3.8) is 0 Å². The van der Waals surface area contributed by atoms with E-state index in [0.717, 1.165) is 12.0 Å². The van der Waals surface area contributed by atoms with E-state index in [2.05, 4.69) is 0 Å². The minimum Gasteiger partial charge on any atom is -0.396 e. The van der Waals surface area contributed by atoms with Gasteiger partial charge in [0.2, 0.25) is 5.91 Å². The lowest BCUT2D eigenvalue weighted by molar-refractivity contribution is -0.137. The van der Waals surface area contributed by atoms with E-state index in [9.17, 15) is 9.90 Å². The van der Waals surface area contributed by atoms with Crippen molar-refractivity contribution in [3.8, 4) is 0 Å². The lowest BCUT2D eigenvalue weighted by Gasteiger charge is -2.37. The molecule has 1 amide bonds. The summed E-state index contributed by atoms with van der Waals surface area (Å²) in [7, 11) is 1.62. The van der Waals surface area contributed by atoms with Crippen LogP contribution in [0.5, 0.6) is 0 Å². The van der Waals surface area contributed by atoms with Crippen LogP contribution in [0.25, 0.3) is 0 Å². The van der Waals surface area contributed by atoms with Crippen molar-refractivity contribution in [1.82, 2.24) is 4.90 Å². The van der Waals surface area contributed by atoms with Crippen LogP contribution in [-0.2, 0) is 20.7 Å². The van der Waals surface area contributed by atoms with E-state index < -0.39 is 0 Å². The molecule has 1 aromatic carbocycles. The molecule has 1 aliphatic heterocycles. The summed E-state index contributed by atoms with van der Waals surface area (Å²) in [6.45, 7) is 2.10. The molecule has 0 unspecified atom stereocenters. The van der Waals surface area contributed by atoms with Crippen molar-refractivity contribution < 1.29 is 19.4 Å². The van der Waals surface area contributed by atoms with E-state index in [4.69, 9.17) is 32.7 Å². The van der Waals surface area contributed by atoms with Crippen molar-refractivity contribution in [2.24, 2.45) is 5.92 Å². The molecule has 5 nitrogen and oxygen atoms in total. The van der Waals surface area contributed by atoms with Crippen molar-refractivity contribution >= 4 is 29.1 Å². The van der Waals surface area contributed by atoms with Gasteiger partial charge in [-0.1, -0.05) is 29.3 Å². The Labute approximate surface area is 152 Å². The fourth-order valence-electron chi connectivity index (χ4n) is 2.84. The number of aliphatic hydroxyl groups is 1. The quantitative estimate of drug-likeness (QED) is 0.743. The molecule has 0 radical (unpaired) electrons. The smallest absolute Gasteiger partial charge is 0.227 e. The molecule has 1 aliphatic rings.